The zero-order valence-electron chi connectivity index (χ0n) is 14.5. The van der Waals surface area contributed by atoms with Gasteiger partial charge >= 0.3 is 5.97 Å². The maximum Gasteiger partial charge on any atom is 0.345 e. The van der Waals surface area contributed by atoms with Crippen LogP contribution in [0.4, 0.5) is 5.82 Å². The van der Waals surface area contributed by atoms with Crippen molar-refractivity contribution in [2.75, 3.05) is 5.73 Å². The number of anilines is 1. The van der Waals surface area contributed by atoms with Crippen LogP contribution >= 0.6 is 0 Å². The second-order valence-corrected chi connectivity index (χ2v) is 7.75. The van der Waals surface area contributed by atoms with Gasteiger partial charge in [0.05, 0.1) is 10.5 Å². The predicted molar refractivity (Wildman–Crippen MR) is 105 cm³/mol. The Balaban J connectivity index is 1.67. The quantitative estimate of drug-likeness (QED) is 0.534. The van der Waals surface area contributed by atoms with Gasteiger partial charge in [-0.1, -0.05) is 54.6 Å². The predicted octanol–water partition coefficient (Wildman–Crippen LogP) is 3.07. The van der Waals surface area contributed by atoms with Crippen LogP contribution in [-0.4, -0.2) is 23.6 Å². The Morgan fingerprint density at radius 3 is 2.39 bits per heavy atom. The van der Waals surface area contributed by atoms with Gasteiger partial charge in [0.2, 0.25) is 5.88 Å². The molecule has 4 aromatic rings. The van der Waals surface area contributed by atoms with Gasteiger partial charge in [0.15, 0.2) is 0 Å². The molecule has 4 rings (SSSR count). The molecular weight excluding hydrogens is 378 g/mol. The Morgan fingerprint density at radius 2 is 1.61 bits per heavy atom. The highest BCUT2D eigenvalue weighted by Gasteiger charge is 2.23. The Bertz CT molecular complexity index is 1280. The number of aromatic nitrogens is 2. The highest BCUT2D eigenvalue weighted by molar-refractivity contribution is 7.90. The fraction of sp³-hybridized carbons (Fsp3) is 0. The summed E-state index contributed by atoms with van der Waals surface area (Å²) in [6.07, 6.45) is 0. The number of nitrogen functional groups attached to an aromatic ring is 1. The summed E-state index contributed by atoms with van der Waals surface area (Å²) in [5.74, 6) is -1.02. The maximum absolute atomic E-state index is 12.7. The van der Waals surface area contributed by atoms with E-state index in [2.05, 4.69) is 5.10 Å². The standard InChI is InChI=1S/C20H15N3O4S/c21-18-13-19(22-23(18)28(25,26)15-9-2-1-3-10-15)27-20(24)17-12-6-8-14-7-4-5-11-16(14)17/h1-13H,21H2. The molecule has 0 unspecified atom stereocenters. The fourth-order valence-electron chi connectivity index (χ4n) is 2.85. The molecule has 0 spiro atoms. The van der Waals surface area contributed by atoms with Gasteiger partial charge in [-0.2, -0.15) is 8.42 Å². The number of ether oxygens (including phenoxy) is 1. The minimum absolute atomic E-state index is 0.0247. The monoisotopic (exact) mass is 393 g/mol. The number of esters is 1. The molecule has 1 heterocycles. The van der Waals surface area contributed by atoms with Crippen molar-refractivity contribution in [1.82, 2.24) is 9.19 Å². The zero-order chi connectivity index (χ0) is 19.7. The van der Waals surface area contributed by atoms with Gasteiger partial charge in [-0.15, -0.1) is 9.19 Å². The summed E-state index contributed by atoms with van der Waals surface area (Å²) in [6.45, 7) is 0. The summed E-state index contributed by atoms with van der Waals surface area (Å²) in [7, 11) is -3.99. The molecule has 7 nitrogen and oxygen atoms in total. The van der Waals surface area contributed by atoms with Crippen LogP contribution in [0.2, 0.25) is 0 Å². The molecule has 0 aliphatic rings. The first kappa shape index (κ1) is 17.7. The van der Waals surface area contributed by atoms with Gasteiger partial charge < -0.3 is 10.5 Å². The molecule has 140 valence electrons. The Morgan fingerprint density at radius 1 is 0.929 bits per heavy atom. The topological polar surface area (TPSA) is 104 Å². The molecule has 0 fully saturated rings. The third-order valence-corrected chi connectivity index (χ3v) is 5.77. The normalized spacial score (nSPS) is 11.4. The van der Waals surface area contributed by atoms with Crippen molar-refractivity contribution in [2.24, 2.45) is 0 Å². The Kier molecular flexibility index (Phi) is 4.32. The van der Waals surface area contributed by atoms with E-state index in [1.54, 1.807) is 36.4 Å². The van der Waals surface area contributed by atoms with Crippen molar-refractivity contribution in [3.8, 4) is 5.88 Å². The second-order valence-electron chi connectivity index (χ2n) is 5.98. The van der Waals surface area contributed by atoms with Crippen LogP contribution in [0, 0.1) is 0 Å². The van der Waals surface area contributed by atoms with Crippen LogP contribution in [0.15, 0.2) is 83.8 Å². The molecule has 0 saturated carbocycles. The van der Waals surface area contributed by atoms with Crippen molar-refractivity contribution in [3.63, 3.8) is 0 Å². The average molecular weight is 393 g/mol. The van der Waals surface area contributed by atoms with Gasteiger partial charge in [0, 0.05) is 6.07 Å². The van der Waals surface area contributed by atoms with Crippen LogP contribution in [0.25, 0.3) is 10.8 Å². The first-order valence-corrected chi connectivity index (χ1v) is 9.77. The molecule has 0 saturated heterocycles. The lowest BCUT2D eigenvalue weighted by molar-refractivity contribution is 0.0729. The van der Waals surface area contributed by atoms with Crippen molar-refractivity contribution in [1.29, 1.82) is 0 Å². The lowest BCUT2D eigenvalue weighted by atomic mass is 10.1. The van der Waals surface area contributed by atoms with Crippen LogP contribution in [-0.2, 0) is 10.0 Å². The van der Waals surface area contributed by atoms with Crippen LogP contribution < -0.4 is 10.5 Å². The van der Waals surface area contributed by atoms with E-state index in [-0.39, 0.29) is 16.6 Å². The largest absolute Gasteiger partial charge is 0.402 e. The maximum atomic E-state index is 12.7. The molecule has 0 aliphatic heterocycles. The number of fused-ring (bicyclic) bond motifs is 1. The number of carbonyl (C=O) groups excluding carboxylic acids is 1. The van der Waals surface area contributed by atoms with Crippen LogP contribution in [0.3, 0.4) is 0 Å². The number of benzene rings is 3. The molecule has 2 N–H and O–H groups in total. The van der Waals surface area contributed by atoms with E-state index in [1.165, 1.54) is 18.2 Å². The van der Waals surface area contributed by atoms with E-state index in [4.69, 9.17) is 10.5 Å². The number of nitrogens with zero attached hydrogens (tertiary/aromatic N) is 2. The highest BCUT2D eigenvalue weighted by atomic mass is 32.2. The molecule has 0 amide bonds. The molecule has 0 aliphatic carbocycles. The van der Waals surface area contributed by atoms with Crippen molar-refractivity contribution in [2.45, 2.75) is 4.90 Å². The number of rotatable bonds is 4. The average Bonchev–Trinajstić information content (AvgIpc) is 3.09. The van der Waals surface area contributed by atoms with Gasteiger partial charge in [0.1, 0.15) is 5.82 Å². The van der Waals surface area contributed by atoms with Crippen LogP contribution in [0.1, 0.15) is 10.4 Å². The van der Waals surface area contributed by atoms with E-state index < -0.39 is 16.0 Å². The third kappa shape index (κ3) is 3.10. The summed E-state index contributed by atoms with van der Waals surface area (Å²) in [4.78, 5) is 12.6. The van der Waals surface area contributed by atoms with Gasteiger partial charge in [-0.3, -0.25) is 0 Å². The molecule has 1 aromatic heterocycles. The van der Waals surface area contributed by atoms with Crippen molar-refractivity contribution in [3.05, 3.63) is 84.4 Å². The SMILES string of the molecule is Nc1cc(OC(=O)c2cccc3ccccc23)nn1S(=O)(=O)c1ccccc1. The van der Waals surface area contributed by atoms with Crippen molar-refractivity contribution < 1.29 is 17.9 Å². The molecule has 0 atom stereocenters. The third-order valence-electron chi connectivity index (χ3n) is 4.16. The van der Waals surface area contributed by atoms with E-state index in [1.807, 2.05) is 24.3 Å². The zero-order valence-corrected chi connectivity index (χ0v) is 15.3. The summed E-state index contributed by atoms with van der Waals surface area (Å²) in [5, 5.41) is 5.47. The first-order chi connectivity index (χ1) is 13.5. The summed E-state index contributed by atoms with van der Waals surface area (Å²) in [6, 6.07) is 21.6. The number of carbonyl (C=O) groups is 1. The Labute approximate surface area is 161 Å². The lowest BCUT2D eigenvalue weighted by Gasteiger charge is -2.06. The molecule has 0 radical (unpaired) electrons. The molecular formula is C20H15N3O4S. The van der Waals surface area contributed by atoms with E-state index >= 15 is 0 Å². The molecule has 0 bridgehead atoms. The first-order valence-electron chi connectivity index (χ1n) is 8.33. The summed E-state index contributed by atoms with van der Waals surface area (Å²) >= 11 is 0. The molecule has 3 aromatic carbocycles. The van der Waals surface area contributed by atoms with Crippen LogP contribution in [0.5, 0.6) is 5.88 Å². The van der Waals surface area contributed by atoms with E-state index in [9.17, 15) is 13.2 Å². The van der Waals surface area contributed by atoms with E-state index in [0.717, 1.165) is 10.8 Å². The number of nitrogens with two attached hydrogens (primary N) is 1. The van der Waals surface area contributed by atoms with Gasteiger partial charge in [0.25, 0.3) is 10.0 Å². The minimum Gasteiger partial charge on any atom is -0.402 e. The molecule has 28 heavy (non-hydrogen) atoms. The lowest BCUT2D eigenvalue weighted by Crippen LogP contribution is -2.17. The highest BCUT2D eigenvalue weighted by Crippen LogP contribution is 2.23. The Hall–Kier alpha value is -3.65. The second kappa shape index (κ2) is 6.82. The summed E-state index contributed by atoms with van der Waals surface area (Å²) in [5.41, 5.74) is 6.14. The van der Waals surface area contributed by atoms with Gasteiger partial charge in [-0.05, 0) is 29.0 Å². The summed E-state index contributed by atoms with van der Waals surface area (Å²) < 4.78 is 31.3. The smallest absolute Gasteiger partial charge is 0.345 e. The van der Waals surface area contributed by atoms with E-state index in [0.29, 0.717) is 9.65 Å². The van der Waals surface area contributed by atoms with Gasteiger partial charge in [-0.25, -0.2) is 4.79 Å². The minimum atomic E-state index is -3.99. The number of hydrogen-bond donors (Lipinski definition) is 1. The van der Waals surface area contributed by atoms with Crippen molar-refractivity contribution >= 4 is 32.6 Å². The fourth-order valence-corrected chi connectivity index (χ4v) is 4.06. The number of hydrogen-bond acceptors (Lipinski definition) is 6. The molecule has 8 heteroatoms.